The van der Waals surface area contributed by atoms with Crippen molar-refractivity contribution in [2.75, 3.05) is 37.6 Å². The van der Waals surface area contributed by atoms with Crippen LogP contribution in [0.3, 0.4) is 0 Å². The van der Waals surface area contributed by atoms with E-state index in [0.717, 1.165) is 38.4 Å². The largest absolute Gasteiger partial charge is 0.507 e. The third kappa shape index (κ3) is 6.12. The summed E-state index contributed by atoms with van der Waals surface area (Å²) >= 11 is 1.79. The van der Waals surface area contributed by atoms with E-state index in [4.69, 9.17) is 0 Å². The Hall–Kier alpha value is -2.74. The van der Waals surface area contributed by atoms with Crippen molar-refractivity contribution in [3.63, 3.8) is 0 Å². The summed E-state index contributed by atoms with van der Waals surface area (Å²) in [5.41, 5.74) is 0.277. The number of anilines is 1. The number of phenols is 1. The highest BCUT2D eigenvalue weighted by atomic mass is 32.1. The lowest BCUT2D eigenvalue weighted by molar-refractivity contribution is 0.0952. The number of hydrogen-bond donors (Lipinski definition) is 4. The molecule has 3 rings (SSSR count). The first-order valence-corrected chi connectivity index (χ1v) is 10.9. The Labute approximate surface area is 175 Å². The SMILES string of the molecule is CCNC(=NCCNC(=O)c1ccccc1O)NC1CCN(c2cccs2)CC1. The van der Waals surface area contributed by atoms with Gasteiger partial charge in [0.25, 0.3) is 5.91 Å². The van der Waals surface area contributed by atoms with Crippen LogP contribution in [0.25, 0.3) is 0 Å². The number of guanidine groups is 1. The number of carbonyl (C=O) groups excluding carboxylic acids is 1. The molecule has 1 amide bonds. The van der Waals surface area contributed by atoms with Crippen LogP contribution in [0.2, 0.25) is 0 Å². The lowest BCUT2D eigenvalue weighted by Crippen LogP contribution is -2.48. The summed E-state index contributed by atoms with van der Waals surface area (Å²) in [6.07, 6.45) is 2.12. The third-order valence-electron chi connectivity index (χ3n) is 4.81. The number of aliphatic imine (C=N–C) groups is 1. The van der Waals surface area contributed by atoms with E-state index >= 15 is 0 Å². The first-order valence-electron chi connectivity index (χ1n) is 10.1. The molecule has 0 spiro atoms. The van der Waals surface area contributed by atoms with E-state index in [1.54, 1.807) is 29.5 Å². The molecule has 4 N–H and O–H groups in total. The minimum atomic E-state index is -0.294. The maximum Gasteiger partial charge on any atom is 0.255 e. The van der Waals surface area contributed by atoms with Crippen molar-refractivity contribution in [3.8, 4) is 5.75 Å². The van der Waals surface area contributed by atoms with Crippen LogP contribution in [-0.2, 0) is 0 Å². The van der Waals surface area contributed by atoms with Crippen molar-refractivity contribution in [2.45, 2.75) is 25.8 Å². The molecule has 0 atom stereocenters. The number of thiophene rings is 1. The van der Waals surface area contributed by atoms with Gasteiger partial charge in [-0.25, -0.2) is 0 Å². The van der Waals surface area contributed by atoms with Crippen molar-refractivity contribution >= 4 is 28.2 Å². The highest BCUT2D eigenvalue weighted by Gasteiger charge is 2.20. The van der Waals surface area contributed by atoms with Crippen LogP contribution in [0.5, 0.6) is 5.75 Å². The summed E-state index contributed by atoms with van der Waals surface area (Å²) in [6, 6.07) is 11.2. The number of phenolic OH excluding ortho intramolecular Hbond substituents is 1. The van der Waals surface area contributed by atoms with Crippen LogP contribution in [0.1, 0.15) is 30.1 Å². The van der Waals surface area contributed by atoms with E-state index in [1.165, 1.54) is 11.1 Å². The second-order valence-electron chi connectivity index (χ2n) is 6.89. The summed E-state index contributed by atoms with van der Waals surface area (Å²) < 4.78 is 0. The standard InChI is InChI=1S/C21H29N5O2S/c1-2-22-21(24-12-11-23-20(28)17-6-3-4-7-18(17)27)25-16-9-13-26(14-10-16)19-8-5-15-29-19/h3-8,15-16,27H,2,9-14H2,1H3,(H,23,28)(H2,22,24,25). The van der Waals surface area contributed by atoms with E-state index in [2.05, 4.69) is 43.4 Å². The van der Waals surface area contributed by atoms with E-state index in [1.807, 2.05) is 6.92 Å². The molecular formula is C21H29N5O2S. The minimum Gasteiger partial charge on any atom is -0.507 e. The smallest absolute Gasteiger partial charge is 0.255 e. The Kier molecular flexibility index (Phi) is 7.75. The molecule has 0 unspecified atom stereocenters. The van der Waals surface area contributed by atoms with Crippen LogP contribution < -0.4 is 20.9 Å². The van der Waals surface area contributed by atoms with E-state index in [0.29, 0.717) is 19.1 Å². The third-order valence-corrected chi connectivity index (χ3v) is 5.74. The number of amides is 1. The molecule has 0 radical (unpaired) electrons. The number of hydrogen-bond acceptors (Lipinski definition) is 5. The quantitative estimate of drug-likeness (QED) is 0.317. The monoisotopic (exact) mass is 415 g/mol. The summed E-state index contributed by atoms with van der Waals surface area (Å²) in [7, 11) is 0. The van der Waals surface area contributed by atoms with E-state index in [-0.39, 0.29) is 17.2 Å². The number of rotatable bonds is 7. The fraction of sp³-hybridized carbons (Fsp3) is 0.429. The van der Waals surface area contributed by atoms with Crippen LogP contribution in [0, 0.1) is 0 Å². The lowest BCUT2D eigenvalue weighted by Gasteiger charge is -2.33. The Morgan fingerprint density at radius 1 is 1.21 bits per heavy atom. The maximum absolute atomic E-state index is 12.1. The van der Waals surface area contributed by atoms with Crippen molar-refractivity contribution in [2.24, 2.45) is 4.99 Å². The summed E-state index contributed by atoms with van der Waals surface area (Å²) in [5.74, 6) is 0.466. The van der Waals surface area contributed by atoms with Gasteiger partial charge in [0.1, 0.15) is 5.75 Å². The molecule has 1 aromatic carbocycles. The predicted molar refractivity (Wildman–Crippen MR) is 119 cm³/mol. The van der Waals surface area contributed by atoms with E-state index < -0.39 is 0 Å². The normalized spacial score (nSPS) is 15.2. The molecule has 2 heterocycles. The first kappa shape index (κ1) is 21.0. The Morgan fingerprint density at radius 2 is 2.00 bits per heavy atom. The van der Waals surface area contributed by atoms with Gasteiger partial charge in [-0.15, -0.1) is 11.3 Å². The molecule has 1 aliphatic heterocycles. The number of aromatic hydroxyl groups is 1. The Balaban J connectivity index is 1.44. The Morgan fingerprint density at radius 3 is 2.69 bits per heavy atom. The maximum atomic E-state index is 12.1. The van der Waals surface area contributed by atoms with Crippen LogP contribution in [-0.4, -0.2) is 55.7 Å². The van der Waals surface area contributed by atoms with Gasteiger partial charge >= 0.3 is 0 Å². The van der Waals surface area contributed by atoms with Gasteiger partial charge in [-0.2, -0.15) is 0 Å². The summed E-state index contributed by atoms with van der Waals surface area (Å²) in [5, 5.41) is 22.8. The molecule has 2 aromatic rings. The van der Waals surface area contributed by atoms with Gasteiger partial charge in [0, 0.05) is 32.2 Å². The van der Waals surface area contributed by atoms with Gasteiger partial charge in [-0.1, -0.05) is 12.1 Å². The van der Waals surface area contributed by atoms with Gasteiger partial charge in [0.15, 0.2) is 5.96 Å². The molecule has 0 aliphatic carbocycles. The molecule has 1 aliphatic rings. The van der Waals surface area contributed by atoms with Gasteiger partial charge in [0.2, 0.25) is 0 Å². The molecule has 0 bridgehead atoms. The molecule has 1 aromatic heterocycles. The van der Waals surface area contributed by atoms with E-state index in [9.17, 15) is 9.90 Å². The molecule has 1 fully saturated rings. The molecule has 7 nitrogen and oxygen atoms in total. The fourth-order valence-corrected chi connectivity index (χ4v) is 4.09. The molecule has 0 saturated carbocycles. The van der Waals surface area contributed by atoms with Crippen molar-refractivity contribution in [1.82, 2.24) is 16.0 Å². The lowest BCUT2D eigenvalue weighted by atomic mass is 10.1. The van der Waals surface area contributed by atoms with Gasteiger partial charge < -0.3 is 26.0 Å². The predicted octanol–water partition coefficient (Wildman–Crippen LogP) is 2.41. The van der Waals surface area contributed by atoms with Gasteiger partial charge in [-0.3, -0.25) is 9.79 Å². The summed E-state index contributed by atoms with van der Waals surface area (Å²) in [6.45, 7) is 5.76. The number of carbonyl (C=O) groups is 1. The van der Waals surface area contributed by atoms with Crippen LogP contribution in [0.4, 0.5) is 5.00 Å². The highest BCUT2D eigenvalue weighted by molar-refractivity contribution is 7.14. The average molecular weight is 416 g/mol. The number of nitrogens with zero attached hydrogens (tertiary/aromatic N) is 2. The number of benzene rings is 1. The Bertz CT molecular complexity index is 801. The molecule has 1 saturated heterocycles. The topological polar surface area (TPSA) is 89.0 Å². The highest BCUT2D eigenvalue weighted by Crippen LogP contribution is 2.24. The van der Waals surface area contributed by atoms with Crippen molar-refractivity contribution in [1.29, 1.82) is 0 Å². The van der Waals surface area contributed by atoms with Gasteiger partial charge in [-0.05, 0) is 49.4 Å². The zero-order valence-corrected chi connectivity index (χ0v) is 17.5. The zero-order chi connectivity index (χ0) is 20.5. The molecule has 156 valence electrons. The average Bonchev–Trinajstić information content (AvgIpc) is 3.27. The first-order chi connectivity index (χ1) is 14.2. The zero-order valence-electron chi connectivity index (χ0n) is 16.7. The number of para-hydroxylation sites is 1. The fourth-order valence-electron chi connectivity index (χ4n) is 3.31. The van der Waals surface area contributed by atoms with Crippen LogP contribution >= 0.6 is 11.3 Å². The number of nitrogens with one attached hydrogen (secondary N) is 3. The number of piperidine rings is 1. The summed E-state index contributed by atoms with van der Waals surface area (Å²) in [4.78, 5) is 19.1. The molecular weight excluding hydrogens is 386 g/mol. The second-order valence-corrected chi connectivity index (χ2v) is 7.82. The van der Waals surface area contributed by atoms with Gasteiger partial charge in [0.05, 0.1) is 17.1 Å². The van der Waals surface area contributed by atoms with Crippen molar-refractivity contribution in [3.05, 3.63) is 47.3 Å². The second kappa shape index (κ2) is 10.7. The van der Waals surface area contributed by atoms with Crippen molar-refractivity contribution < 1.29 is 9.90 Å². The van der Waals surface area contributed by atoms with Crippen LogP contribution in [0.15, 0.2) is 46.8 Å². The minimum absolute atomic E-state index is 0.0163. The molecule has 8 heteroatoms. The molecule has 29 heavy (non-hydrogen) atoms.